The fraction of sp³-hybridized carbons (Fsp3) is 0.519. The van der Waals surface area contributed by atoms with E-state index < -0.39 is 48.5 Å². The second-order valence-corrected chi connectivity index (χ2v) is 10.7. The van der Waals surface area contributed by atoms with Crippen molar-refractivity contribution < 1.29 is 36.3 Å². The van der Waals surface area contributed by atoms with Crippen molar-refractivity contribution in [1.82, 2.24) is 30.2 Å². The summed E-state index contributed by atoms with van der Waals surface area (Å²) in [6.07, 6.45) is -3.09. The second kappa shape index (κ2) is 11.6. The van der Waals surface area contributed by atoms with Gasteiger partial charge in [-0.25, -0.2) is 28.1 Å². The molecule has 2 aliphatic rings. The number of amides is 2. The van der Waals surface area contributed by atoms with Gasteiger partial charge in [-0.15, -0.1) is 0 Å². The summed E-state index contributed by atoms with van der Waals surface area (Å²) in [4.78, 5) is 33.7. The van der Waals surface area contributed by atoms with Crippen molar-refractivity contribution in [3.8, 4) is 0 Å². The molecule has 1 aromatic carbocycles. The molecule has 5 rings (SSSR count). The van der Waals surface area contributed by atoms with Crippen molar-refractivity contribution in [2.75, 3.05) is 6.54 Å². The molecule has 2 fully saturated rings. The van der Waals surface area contributed by atoms with Crippen LogP contribution in [-0.4, -0.2) is 50.2 Å². The summed E-state index contributed by atoms with van der Waals surface area (Å²) < 4.78 is 74.1. The Morgan fingerprint density at radius 3 is 2.63 bits per heavy atom. The molecule has 3 aromatic rings. The maximum absolute atomic E-state index is 13.9. The number of halogens is 5. The van der Waals surface area contributed by atoms with Crippen LogP contribution in [0.2, 0.25) is 0 Å². The largest absolute Gasteiger partial charge is 0.445 e. The van der Waals surface area contributed by atoms with Crippen LogP contribution < -0.4 is 10.6 Å². The first kappa shape index (κ1) is 28.7. The van der Waals surface area contributed by atoms with Crippen LogP contribution in [-0.2, 0) is 22.6 Å². The van der Waals surface area contributed by atoms with Crippen molar-refractivity contribution in [2.24, 2.45) is 17.8 Å². The van der Waals surface area contributed by atoms with E-state index in [1.165, 1.54) is 16.9 Å². The van der Waals surface area contributed by atoms with Gasteiger partial charge in [0, 0.05) is 31.7 Å². The SMILES string of the molecule is O=C(NC(c1cn2nc(CC3CC(C(F)(F)F)CNC3=O)cnc2n1)C1CCC(F)(F)CC1)OCc1ccccc1. The molecule has 220 valence electrons. The van der Waals surface area contributed by atoms with E-state index in [4.69, 9.17) is 4.74 Å². The molecule has 0 spiro atoms. The molecule has 2 amide bonds. The summed E-state index contributed by atoms with van der Waals surface area (Å²) in [6.45, 7) is -0.437. The molecule has 0 bridgehead atoms. The fourth-order valence-electron chi connectivity index (χ4n) is 5.38. The summed E-state index contributed by atoms with van der Waals surface area (Å²) in [5.41, 5.74) is 1.40. The van der Waals surface area contributed by atoms with Gasteiger partial charge in [0.1, 0.15) is 6.61 Å². The number of rotatable bonds is 7. The van der Waals surface area contributed by atoms with Gasteiger partial charge < -0.3 is 15.4 Å². The summed E-state index contributed by atoms with van der Waals surface area (Å²) >= 11 is 0. The molecule has 3 atom stereocenters. The van der Waals surface area contributed by atoms with Crippen LogP contribution in [0.4, 0.5) is 26.7 Å². The van der Waals surface area contributed by atoms with Crippen LogP contribution in [0, 0.1) is 17.8 Å². The Morgan fingerprint density at radius 1 is 1.20 bits per heavy atom. The minimum atomic E-state index is -4.42. The Morgan fingerprint density at radius 2 is 1.93 bits per heavy atom. The average molecular weight is 581 g/mol. The van der Waals surface area contributed by atoms with E-state index in [9.17, 15) is 31.5 Å². The standard InChI is InChI=1S/C27H29F5N6O3/c28-26(29)8-6-17(7-9-26)22(36-25(40)41-15-16-4-2-1-3-5-16)21-14-38-24(35-21)34-13-20(37-38)11-18-10-19(27(30,31)32)12-33-23(18)39/h1-5,13-14,17-19,22H,6-12,15H2,(H,33,39)(H,36,40). The topological polar surface area (TPSA) is 111 Å². The van der Waals surface area contributed by atoms with E-state index in [1.807, 2.05) is 18.2 Å². The Bertz CT molecular complexity index is 1370. The molecular formula is C27H29F5N6O3. The molecule has 3 unspecified atom stereocenters. The normalized spacial score (nSPS) is 22.2. The molecular weight excluding hydrogens is 551 g/mol. The lowest BCUT2D eigenvalue weighted by Gasteiger charge is -2.33. The van der Waals surface area contributed by atoms with Crippen LogP contribution in [0.15, 0.2) is 42.7 Å². The number of hydrogen-bond acceptors (Lipinski definition) is 6. The number of aromatic nitrogens is 4. The molecule has 3 heterocycles. The van der Waals surface area contributed by atoms with E-state index >= 15 is 0 Å². The molecule has 1 aliphatic heterocycles. The van der Waals surface area contributed by atoms with Gasteiger partial charge in [-0.1, -0.05) is 30.3 Å². The third-order valence-corrected chi connectivity index (χ3v) is 7.67. The summed E-state index contributed by atoms with van der Waals surface area (Å²) in [5.74, 6) is -6.03. The third kappa shape index (κ3) is 7.09. The first-order chi connectivity index (χ1) is 19.5. The number of nitrogens with zero attached hydrogens (tertiary/aromatic N) is 4. The third-order valence-electron chi connectivity index (χ3n) is 7.67. The highest BCUT2D eigenvalue weighted by Crippen LogP contribution is 2.41. The van der Waals surface area contributed by atoms with Gasteiger partial charge in [-0.05, 0) is 30.7 Å². The van der Waals surface area contributed by atoms with Gasteiger partial charge >= 0.3 is 12.3 Å². The number of alkyl carbamates (subject to hydrolysis) is 1. The molecule has 1 aliphatic carbocycles. The predicted molar refractivity (Wildman–Crippen MR) is 135 cm³/mol. The van der Waals surface area contributed by atoms with Gasteiger partial charge in [0.2, 0.25) is 11.8 Å². The Kier molecular flexibility index (Phi) is 8.09. The highest BCUT2D eigenvalue weighted by molar-refractivity contribution is 5.79. The van der Waals surface area contributed by atoms with E-state index in [0.29, 0.717) is 5.69 Å². The molecule has 2 N–H and O–H groups in total. The van der Waals surface area contributed by atoms with Crippen molar-refractivity contribution in [1.29, 1.82) is 0 Å². The number of ether oxygens (including phenoxy) is 1. The van der Waals surface area contributed by atoms with E-state index in [-0.39, 0.29) is 62.5 Å². The quantitative estimate of drug-likeness (QED) is 0.390. The zero-order valence-electron chi connectivity index (χ0n) is 21.9. The molecule has 0 radical (unpaired) electrons. The van der Waals surface area contributed by atoms with E-state index in [1.54, 1.807) is 12.1 Å². The van der Waals surface area contributed by atoms with Crippen molar-refractivity contribution >= 4 is 17.8 Å². The lowest BCUT2D eigenvalue weighted by Crippen LogP contribution is -2.47. The van der Waals surface area contributed by atoms with Gasteiger partial charge in [0.25, 0.3) is 5.78 Å². The summed E-state index contributed by atoms with van der Waals surface area (Å²) in [5, 5.41) is 9.47. The number of imidazole rings is 1. The number of alkyl halides is 5. The lowest BCUT2D eigenvalue weighted by molar-refractivity contribution is -0.183. The van der Waals surface area contributed by atoms with Crippen molar-refractivity contribution in [3.05, 3.63) is 59.7 Å². The maximum atomic E-state index is 13.9. The van der Waals surface area contributed by atoms with Gasteiger partial charge in [0.05, 0.1) is 35.7 Å². The minimum Gasteiger partial charge on any atom is -0.445 e. The van der Waals surface area contributed by atoms with Gasteiger partial charge in [-0.2, -0.15) is 18.3 Å². The number of carbonyl (C=O) groups excluding carboxylic acids is 2. The lowest BCUT2D eigenvalue weighted by atomic mass is 9.81. The fourth-order valence-corrected chi connectivity index (χ4v) is 5.38. The number of fused-ring (bicyclic) bond motifs is 1. The Balaban J connectivity index is 1.33. The number of carbonyl (C=O) groups is 2. The molecule has 41 heavy (non-hydrogen) atoms. The van der Waals surface area contributed by atoms with E-state index in [0.717, 1.165) is 5.56 Å². The monoisotopic (exact) mass is 580 g/mol. The number of hydrogen-bond donors (Lipinski definition) is 2. The van der Waals surface area contributed by atoms with Crippen LogP contribution >= 0.6 is 0 Å². The first-order valence-corrected chi connectivity index (χ1v) is 13.4. The molecule has 14 heteroatoms. The number of piperidine rings is 1. The maximum Gasteiger partial charge on any atom is 0.408 e. The van der Waals surface area contributed by atoms with Crippen LogP contribution in [0.3, 0.4) is 0 Å². The first-order valence-electron chi connectivity index (χ1n) is 13.4. The van der Waals surface area contributed by atoms with Crippen LogP contribution in [0.5, 0.6) is 0 Å². The van der Waals surface area contributed by atoms with Crippen molar-refractivity contribution in [2.45, 2.75) is 63.3 Å². The zero-order chi connectivity index (χ0) is 29.2. The smallest absolute Gasteiger partial charge is 0.408 e. The van der Waals surface area contributed by atoms with E-state index in [2.05, 4.69) is 25.7 Å². The summed E-state index contributed by atoms with van der Waals surface area (Å²) in [7, 11) is 0. The van der Waals surface area contributed by atoms with Gasteiger partial charge in [-0.3, -0.25) is 4.79 Å². The minimum absolute atomic E-state index is 0.0176. The average Bonchev–Trinajstić information content (AvgIpc) is 3.35. The van der Waals surface area contributed by atoms with Crippen molar-refractivity contribution in [3.63, 3.8) is 0 Å². The highest BCUT2D eigenvalue weighted by Gasteiger charge is 2.45. The molecule has 1 saturated carbocycles. The Hall–Kier alpha value is -3.84. The molecule has 2 aromatic heterocycles. The molecule has 9 nitrogen and oxygen atoms in total. The van der Waals surface area contributed by atoms with Gasteiger partial charge in [0.15, 0.2) is 0 Å². The highest BCUT2D eigenvalue weighted by atomic mass is 19.4. The Labute approximate surface area is 231 Å². The predicted octanol–water partition coefficient (Wildman–Crippen LogP) is 4.77. The van der Waals surface area contributed by atoms with Crippen LogP contribution in [0.25, 0.3) is 5.78 Å². The number of benzene rings is 1. The second-order valence-electron chi connectivity index (χ2n) is 10.7. The van der Waals surface area contributed by atoms with Crippen LogP contribution in [0.1, 0.15) is 55.1 Å². The zero-order valence-corrected chi connectivity index (χ0v) is 21.9. The number of nitrogens with one attached hydrogen (secondary N) is 2. The molecule has 1 saturated heterocycles. The summed E-state index contributed by atoms with van der Waals surface area (Å²) in [6, 6.07) is 8.27.